The molecule has 0 aliphatic heterocycles. The van der Waals surface area contributed by atoms with E-state index in [1.54, 1.807) is 11.3 Å². The van der Waals surface area contributed by atoms with E-state index in [0.717, 1.165) is 19.2 Å². The number of halogens is 3. The van der Waals surface area contributed by atoms with E-state index in [1.165, 1.54) is 12.1 Å². The maximum absolute atomic E-state index is 13.2. The fourth-order valence-corrected chi connectivity index (χ4v) is 3.58. The van der Waals surface area contributed by atoms with Gasteiger partial charge >= 0.3 is 5.97 Å². The molecule has 2 rings (SSSR count). The molecule has 0 aliphatic rings. The maximum atomic E-state index is 13.2. The molecule has 1 aromatic heterocycles. The summed E-state index contributed by atoms with van der Waals surface area (Å²) in [5.41, 5.74) is 0.234. The van der Waals surface area contributed by atoms with Crippen LogP contribution in [0, 0.1) is 5.82 Å². The highest BCUT2D eigenvalue weighted by Crippen LogP contribution is 2.32. The number of anilines is 1. The highest BCUT2D eigenvalue weighted by atomic mass is 79.9. The summed E-state index contributed by atoms with van der Waals surface area (Å²) in [5, 5.41) is 11.9. The van der Waals surface area contributed by atoms with Gasteiger partial charge in [-0.2, -0.15) is 0 Å². The molecule has 0 radical (unpaired) electrons. The van der Waals surface area contributed by atoms with Gasteiger partial charge in [-0.15, -0.1) is 11.3 Å². The van der Waals surface area contributed by atoms with Crippen molar-refractivity contribution >= 4 is 54.9 Å². The van der Waals surface area contributed by atoms with Gasteiger partial charge in [0.05, 0.1) is 9.35 Å². The van der Waals surface area contributed by atoms with Gasteiger partial charge in [-0.25, -0.2) is 9.18 Å². The molecule has 0 saturated carbocycles. The molecule has 0 saturated heterocycles. The highest BCUT2D eigenvalue weighted by molar-refractivity contribution is 9.13. The second-order valence-corrected chi connectivity index (χ2v) is 7.00. The Balaban J connectivity index is 2.11. The normalized spacial score (nSPS) is 10.5. The van der Waals surface area contributed by atoms with Gasteiger partial charge in [0.25, 0.3) is 0 Å². The first-order valence-corrected chi connectivity index (χ1v) is 7.58. The minimum Gasteiger partial charge on any atom is -0.478 e. The van der Waals surface area contributed by atoms with E-state index < -0.39 is 11.8 Å². The van der Waals surface area contributed by atoms with Crippen molar-refractivity contribution in [1.82, 2.24) is 0 Å². The van der Waals surface area contributed by atoms with Gasteiger partial charge in [-0.05, 0) is 56.1 Å². The third-order valence-corrected chi connectivity index (χ3v) is 5.62. The SMILES string of the molecule is O=C(O)c1cc(NCc2cc(Br)c(Br)s2)ccc1F. The quantitative estimate of drug-likeness (QED) is 0.769. The van der Waals surface area contributed by atoms with Crippen molar-refractivity contribution in [3.63, 3.8) is 0 Å². The molecule has 0 atom stereocenters. The van der Waals surface area contributed by atoms with Gasteiger partial charge < -0.3 is 10.4 Å². The number of carboxylic acid groups (broad SMARTS) is 1. The van der Waals surface area contributed by atoms with E-state index in [0.29, 0.717) is 12.2 Å². The molecule has 0 amide bonds. The Labute approximate surface area is 129 Å². The number of nitrogens with one attached hydrogen (secondary N) is 1. The maximum Gasteiger partial charge on any atom is 0.338 e. The van der Waals surface area contributed by atoms with Gasteiger partial charge in [0.1, 0.15) is 5.82 Å². The molecule has 0 spiro atoms. The van der Waals surface area contributed by atoms with Crippen molar-refractivity contribution in [2.75, 3.05) is 5.32 Å². The number of hydrogen-bond acceptors (Lipinski definition) is 3. The summed E-state index contributed by atoms with van der Waals surface area (Å²) in [6.45, 7) is 0.541. The Bertz CT molecular complexity index is 611. The lowest BCUT2D eigenvalue weighted by Crippen LogP contribution is -2.03. The first-order valence-electron chi connectivity index (χ1n) is 5.18. The van der Waals surface area contributed by atoms with Crippen LogP contribution in [0.15, 0.2) is 32.5 Å². The Kier molecular flexibility index (Phi) is 4.59. The van der Waals surface area contributed by atoms with Crippen molar-refractivity contribution in [2.24, 2.45) is 0 Å². The van der Waals surface area contributed by atoms with Crippen LogP contribution in [-0.4, -0.2) is 11.1 Å². The molecular formula is C12H8Br2FNO2S. The molecule has 0 fully saturated rings. The summed E-state index contributed by atoms with van der Waals surface area (Å²) >= 11 is 8.35. The summed E-state index contributed by atoms with van der Waals surface area (Å²) in [6.07, 6.45) is 0. The van der Waals surface area contributed by atoms with E-state index in [4.69, 9.17) is 5.11 Å². The molecule has 0 aliphatic carbocycles. The number of carboxylic acids is 1. The summed E-state index contributed by atoms with van der Waals surface area (Å²) in [5.74, 6) is -2.01. The zero-order valence-corrected chi connectivity index (χ0v) is 13.4. The zero-order valence-electron chi connectivity index (χ0n) is 9.41. The van der Waals surface area contributed by atoms with Gasteiger partial charge in [-0.1, -0.05) is 0 Å². The van der Waals surface area contributed by atoms with E-state index >= 15 is 0 Å². The molecule has 1 aromatic carbocycles. The van der Waals surface area contributed by atoms with Crippen molar-refractivity contribution in [3.8, 4) is 0 Å². The monoisotopic (exact) mass is 407 g/mol. The van der Waals surface area contributed by atoms with Crippen molar-refractivity contribution < 1.29 is 14.3 Å². The fourth-order valence-electron chi connectivity index (χ4n) is 1.47. The van der Waals surface area contributed by atoms with Crippen LogP contribution in [0.5, 0.6) is 0 Å². The summed E-state index contributed by atoms with van der Waals surface area (Å²) in [7, 11) is 0. The van der Waals surface area contributed by atoms with Crippen LogP contribution in [0.3, 0.4) is 0 Å². The van der Waals surface area contributed by atoms with E-state index in [-0.39, 0.29) is 5.56 Å². The van der Waals surface area contributed by atoms with Gasteiger partial charge in [0.2, 0.25) is 0 Å². The minimum absolute atomic E-state index is 0.335. The number of aromatic carboxylic acids is 1. The van der Waals surface area contributed by atoms with Crippen molar-refractivity contribution in [1.29, 1.82) is 0 Å². The third-order valence-electron chi connectivity index (χ3n) is 2.36. The van der Waals surface area contributed by atoms with Crippen LogP contribution >= 0.6 is 43.2 Å². The lowest BCUT2D eigenvalue weighted by Gasteiger charge is -2.06. The molecule has 1 heterocycles. The average molecular weight is 409 g/mol. The number of rotatable bonds is 4. The van der Waals surface area contributed by atoms with Crippen molar-refractivity contribution in [3.05, 3.63) is 48.8 Å². The molecule has 19 heavy (non-hydrogen) atoms. The predicted molar refractivity (Wildman–Crippen MR) is 80.4 cm³/mol. The van der Waals surface area contributed by atoms with Crippen LogP contribution in [-0.2, 0) is 6.54 Å². The van der Waals surface area contributed by atoms with E-state index in [2.05, 4.69) is 37.2 Å². The molecule has 0 bridgehead atoms. The molecule has 3 nitrogen and oxygen atoms in total. The van der Waals surface area contributed by atoms with E-state index in [9.17, 15) is 9.18 Å². The summed E-state index contributed by atoms with van der Waals surface area (Å²) in [6, 6.07) is 5.91. The first-order chi connectivity index (χ1) is 8.97. The zero-order chi connectivity index (χ0) is 14.0. The minimum atomic E-state index is -1.28. The number of thiophene rings is 1. The van der Waals surface area contributed by atoms with Crippen molar-refractivity contribution in [2.45, 2.75) is 6.54 Å². The molecule has 2 N–H and O–H groups in total. The highest BCUT2D eigenvalue weighted by Gasteiger charge is 2.11. The molecule has 7 heteroatoms. The number of hydrogen-bond donors (Lipinski definition) is 2. The summed E-state index contributed by atoms with van der Waals surface area (Å²) < 4.78 is 15.2. The Morgan fingerprint density at radius 1 is 1.37 bits per heavy atom. The number of carbonyl (C=O) groups is 1. The second kappa shape index (κ2) is 6.02. The molecule has 100 valence electrons. The second-order valence-electron chi connectivity index (χ2n) is 3.69. The van der Waals surface area contributed by atoms with Crippen LogP contribution in [0.2, 0.25) is 0 Å². The Hall–Kier alpha value is -0.920. The van der Waals surface area contributed by atoms with Gasteiger partial charge in [-0.3, -0.25) is 0 Å². The Morgan fingerprint density at radius 2 is 2.11 bits per heavy atom. The van der Waals surface area contributed by atoms with Crippen LogP contribution < -0.4 is 5.32 Å². The standard InChI is InChI=1S/C12H8Br2FNO2S/c13-9-4-7(19-11(9)14)5-16-6-1-2-10(15)8(3-6)12(17)18/h1-4,16H,5H2,(H,17,18). The number of benzene rings is 1. The van der Waals surface area contributed by atoms with Gasteiger partial charge in [0.15, 0.2) is 0 Å². The molecule has 2 aromatic rings. The average Bonchev–Trinajstić information content (AvgIpc) is 2.67. The van der Waals surface area contributed by atoms with Crippen LogP contribution in [0.4, 0.5) is 10.1 Å². The van der Waals surface area contributed by atoms with Gasteiger partial charge in [0, 0.05) is 21.6 Å². The first kappa shape index (κ1) is 14.5. The summed E-state index contributed by atoms with van der Waals surface area (Å²) in [4.78, 5) is 11.9. The molecule has 0 unspecified atom stereocenters. The largest absolute Gasteiger partial charge is 0.478 e. The van der Waals surface area contributed by atoms with Crippen LogP contribution in [0.25, 0.3) is 0 Å². The van der Waals surface area contributed by atoms with E-state index in [1.807, 2.05) is 6.07 Å². The topological polar surface area (TPSA) is 49.3 Å². The smallest absolute Gasteiger partial charge is 0.338 e. The Morgan fingerprint density at radius 3 is 2.68 bits per heavy atom. The predicted octanol–water partition coefficient (Wildman–Crippen LogP) is 4.72. The lowest BCUT2D eigenvalue weighted by molar-refractivity contribution is 0.0692. The third kappa shape index (κ3) is 3.55. The fraction of sp³-hybridized carbons (Fsp3) is 0.0833. The molecular weight excluding hydrogens is 401 g/mol. The lowest BCUT2D eigenvalue weighted by atomic mass is 10.2. The van der Waals surface area contributed by atoms with Crippen LogP contribution in [0.1, 0.15) is 15.2 Å².